The zero-order valence-electron chi connectivity index (χ0n) is 10.4. The molecule has 1 N–H and O–H groups in total. The number of aromatic nitrogens is 4. The second-order valence-electron chi connectivity index (χ2n) is 3.74. The van der Waals surface area contributed by atoms with E-state index in [1.807, 2.05) is 20.3 Å². The van der Waals surface area contributed by atoms with Crippen molar-refractivity contribution in [2.24, 2.45) is 7.05 Å². The summed E-state index contributed by atoms with van der Waals surface area (Å²) in [6, 6.07) is 0. The molecule has 0 saturated carbocycles. The standard InChI is InChI=1S/C11H14IN5O/c1-13-11-9(12)8(6-18-3)15-10(16-11)7-4-14-17(2)5-7/h4-5H,6H2,1-3H3,(H,13,15,16). The Hall–Kier alpha value is -1.22. The zero-order chi connectivity index (χ0) is 13.1. The van der Waals surface area contributed by atoms with Crippen molar-refractivity contribution >= 4 is 28.4 Å². The van der Waals surface area contributed by atoms with Gasteiger partial charge in [-0.3, -0.25) is 4.68 Å². The summed E-state index contributed by atoms with van der Waals surface area (Å²) in [7, 11) is 5.36. The minimum Gasteiger partial charge on any atom is -0.378 e. The topological polar surface area (TPSA) is 64.9 Å². The largest absolute Gasteiger partial charge is 0.378 e. The van der Waals surface area contributed by atoms with Gasteiger partial charge >= 0.3 is 0 Å². The second-order valence-corrected chi connectivity index (χ2v) is 4.82. The predicted octanol–water partition coefficient (Wildman–Crippen LogP) is 1.67. The summed E-state index contributed by atoms with van der Waals surface area (Å²) in [6.45, 7) is 0.461. The van der Waals surface area contributed by atoms with Gasteiger partial charge in [0.15, 0.2) is 5.82 Å². The number of rotatable bonds is 4. The minimum atomic E-state index is 0.461. The van der Waals surface area contributed by atoms with E-state index in [-0.39, 0.29) is 0 Å². The van der Waals surface area contributed by atoms with Crippen LogP contribution in [0.2, 0.25) is 0 Å². The highest BCUT2D eigenvalue weighted by atomic mass is 127. The second kappa shape index (κ2) is 5.61. The molecule has 2 heterocycles. The van der Waals surface area contributed by atoms with Gasteiger partial charge < -0.3 is 10.1 Å². The van der Waals surface area contributed by atoms with Crippen molar-refractivity contribution in [3.05, 3.63) is 21.7 Å². The third-order valence-corrected chi connectivity index (χ3v) is 3.53. The molecule has 0 unspecified atom stereocenters. The minimum absolute atomic E-state index is 0.461. The highest BCUT2D eigenvalue weighted by Crippen LogP contribution is 2.23. The van der Waals surface area contributed by atoms with Gasteiger partial charge in [0.2, 0.25) is 0 Å². The van der Waals surface area contributed by atoms with E-state index in [1.54, 1.807) is 18.0 Å². The lowest BCUT2D eigenvalue weighted by Gasteiger charge is -2.09. The molecule has 7 heteroatoms. The fourth-order valence-corrected chi connectivity index (χ4v) is 2.22. The Morgan fingerprint density at radius 2 is 2.22 bits per heavy atom. The predicted molar refractivity (Wildman–Crippen MR) is 77.2 cm³/mol. The van der Waals surface area contributed by atoms with Gasteiger partial charge in [-0.1, -0.05) is 0 Å². The average Bonchev–Trinajstić information content (AvgIpc) is 2.79. The maximum atomic E-state index is 5.16. The van der Waals surface area contributed by atoms with Gasteiger partial charge in [-0.15, -0.1) is 0 Å². The Morgan fingerprint density at radius 1 is 1.44 bits per heavy atom. The lowest BCUT2D eigenvalue weighted by atomic mass is 10.3. The average molecular weight is 359 g/mol. The normalized spacial score (nSPS) is 10.7. The first-order chi connectivity index (χ1) is 8.65. The summed E-state index contributed by atoms with van der Waals surface area (Å²) in [5, 5.41) is 7.20. The van der Waals surface area contributed by atoms with Crippen LogP contribution in [-0.4, -0.2) is 33.9 Å². The van der Waals surface area contributed by atoms with Crippen LogP contribution in [0.5, 0.6) is 0 Å². The van der Waals surface area contributed by atoms with Gasteiger partial charge in [0.1, 0.15) is 5.82 Å². The molecule has 96 valence electrons. The highest BCUT2D eigenvalue weighted by molar-refractivity contribution is 14.1. The molecule has 0 spiro atoms. The highest BCUT2D eigenvalue weighted by Gasteiger charge is 2.13. The smallest absolute Gasteiger partial charge is 0.165 e. The van der Waals surface area contributed by atoms with Crippen LogP contribution in [0.15, 0.2) is 12.4 Å². The molecule has 0 aliphatic heterocycles. The van der Waals surface area contributed by atoms with Crippen molar-refractivity contribution in [3.8, 4) is 11.4 Å². The third-order valence-electron chi connectivity index (χ3n) is 2.40. The molecule has 0 fully saturated rings. The fraction of sp³-hybridized carbons (Fsp3) is 0.364. The lowest BCUT2D eigenvalue weighted by molar-refractivity contribution is 0.181. The first kappa shape index (κ1) is 13.2. The molecule has 0 aliphatic carbocycles. The molecule has 0 saturated heterocycles. The molecule has 18 heavy (non-hydrogen) atoms. The summed E-state index contributed by atoms with van der Waals surface area (Å²) < 4.78 is 7.86. The Kier molecular flexibility index (Phi) is 4.12. The number of aryl methyl sites for hydroxylation is 1. The van der Waals surface area contributed by atoms with E-state index in [0.29, 0.717) is 12.4 Å². The van der Waals surface area contributed by atoms with Gasteiger partial charge in [0.05, 0.1) is 27.6 Å². The summed E-state index contributed by atoms with van der Waals surface area (Å²) >= 11 is 2.22. The van der Waals surface area contributed by atoms with Gasteiger partial charge in [-0.2, -0.15) is 5.10 Å². The zero-order valence-corrected chi connectivity index (χ0v) is 12.6. The molecule has 0 bridgehead atoms. The molecule has 2 rings (SSSR count). The molecule has 0 aliphatic rings. The summed E-state index contributed by atoms with van der Waals surface area (Å²) in [4.78, 5) is 9.00. The van der Waals surface area contributed by atoms with Crippen LogP contribution < -0.4 is 5.32 Å². The van der Waals surface area contributed by atoms with Gasteiger partial charge in [0, 0.05) is 27.4 Å². The van der Waals surface area contributed by atoms with Crippen molar-refractivity contribution < 1.29 is 4.74 Å². The lowest BCUT2D eigenvalue weighted by Crippen LogP contribution is -2.06. The van der Waals surface area contributed by atoms with Crippen LogP contribution in [0.1, 0.15) is 5.69 Å². The van der Waals surface area contributed by atoms with Crippen LogP contribution >= 0.6 is 22.6 Å². The summed E-state index contributed by atoms with van der Waals surface area (Å²) in [5.41, 5.74) is 1.76. The molecular formula is C11H14IN5O. The van der Waals surface area contributed by atoms with Crippen LogP contribution in [0.3, 0.4) is 0 Å². The number of nitrogens with one attached hydrogen (secondary N) is 1. The maximum Gasteiger partial charge on any atom is 0.165 e. The Balaban J connectivity index is 2.51. The van der Waals surface area contributed by atoms with Crippen molar-refractivity contribution in [2.75, 3.05) is 19.5 Å². The van der Waals surface area contributed by atoms with Crippen LogP contribution in [0.4, 0.5) is 5.82 Å². The molecule has 2 aromatic heterocycles. The Labute approximate surface area is 119 Å². The summed E-state index contributed by atoms with van der Waals surface area (Å²) in [6.07, 6.45) is 3.64. The number of nitrogens with zero attached hydrogens (tertiary/aromatic N) is 4. The number of anilines is 1. The molecule has 0 radical (unpaired) electrons. The van der Waals surface area contributed by atoms with Gasteiger partial charge in [0.25, 0.3) is 0 Å². The molecule has 0 aromatic carbocycles. The van der Waals surface area contributed by atoms with E-state index in [2.05, 4.69) is 43.0 Å². The number of ether oxygens (including phenoxy) is 1. The first-order valence-electron chi connectivity index (χ1n) is 5.37. The fourth-order valence-electron chi connectivity index (χ4n) is 1.56. The van der Waals surface area contributed by atoms with Gasteiger partial charge in [-0.25, -0.2) is 9.97 Å². The van der Waals surface area contributed by atoms with E-state index in [0.717, 1.165) is 20.6 Å². The molecule has 6 nitrogen and oxygen atoms in total. The first-order valence-corrected chi connectivity index (χ1v) is 6.45. The van der Waals surface area contributed by atoms with Crippen molar-refractivity contribution in [1.29, 1.82) is 0 Å². The van der Waals surface area contributed by atoms with Crippen LogP contribution in [0, 0.1) is 3.57 Å². The van der Waals surface area contributed by atoms with Crippen molar-refractivity contribution in [3.63, 3.8) is 0 Å². The number of hydrogen-bond donors (Lipinski definition) is 1. The number of hydrogen-bond acceptors (Lipinski definition) is 5. The van der Waals surface area contributed by atoms with Crippen molar-refractivity contribution in [1.82, 2.24) is 19.7 Å². The number of halogens is 1. The number of methoxy groups -OCH3 is 1. The van der Waals surface area contributed by atoms with Crippen LogP contribution in [-0.2, 0) is 18.4 Å². The van der Waals surface area contributed by atoms with E-state index in [4.69, 9.17) is 4.74 Å². The molecule has 0 amide bonds. The summed E-state index contributed by atoms with van der Waals surface area (Å²) in [5.74, 6) is 1.46. The molecule has 2 aromatic rings. The van der Waals surface area contributed by atoms with Crippen molar-refractivity contribution in [2.45, 2.75) is 6.61 Å². The van der Waals surface area contributed by atoms with E-state index < -0.39 is 0 Å². The Bertz CT molecular complexity index is 554. The monoisotopic (exact) mass is 359 g/mol. The van der Waals surface area contributed by atoms with Gasteiger partial charge in [-0.05, 0) is 22.6 Å². The maximum absolute atomic E-state index is 5.16. The molecule has 0 atom stereocenters. The Morgan fingerprint density at radius 3 is 2.78 bits per heavy atom. The quantitative estimate of drug-likeness (QED) is 0.842. The SMILES string of the molecule is CNc1nc(-c2cnn(C)c2)nc(COC)c1I. The van der Waals surface area contributed by atoms with Crippen LogP contribution in [0.25, 0.3) is 11.4 Å². The van der Waals surface area contributed by atoms with E-state index in [1.165, 1.54) is 0 Å². The third kappa shape index (κ3) is 2.61. The van der Waals surface area contributed by atoms with E-state index >= 15 is 0 Å². The molecular weight excluding hydrogens is 345 g/mol. The van der Waals surface area contributed by atoms with E-state index in [9.17, 15) is 0 Å².